The van der Waals surface area contributed by atoms with Crippen molar-refractivity contribution in [2.75, 3.05) is 67.4 Å². The summed E-state index contributed by atoms with van der Waals surface area (Å²) in [6.45, 7) is -1.23. The van der Waals surface area contributed by atoms with Crippen LogP contribution in [-0.4, -0.2) is 399 Å². The van der Waals surface area contributed by atoms with Crippen molar-refractivity contribution in [1.82, 2.24) is 25.6 Å². The van der Waals surface area contributed by atoms with Gasteiger partial charge < -0.3 is 146 Å². The maximum absolute atomic E-state index is 12.8. The average molecular weight is 1870 g/mol. The number of nitrogens with two attached hydrogens (primary N) is 4. The minimum Gasteiger partial charge on any atom is -0.497 e. The summed E-state index contributed by atoms with van der Waals surface area (Å²) in [5, 5.41) is 272. The molecular formula is C70H106N28O21S6. The minimum atomic E-state index is -2.13. The highest BCUT2D eigenvalue weighted by Crippen LogP contribution is 2.31. The van der Waals surface area contributed by atoms with E-state index < -0.39 is 276 Å². The molecule has 3 aliphatic rings. The number of guanidine groups is 2. The number of rotatable bonds is 23. The van der Waals surface area contributed by atoms with Crippen molar-refractivity contribution >= 4 is 194 Å². The quantitative estimate of drug-likeness (QED) is 0.0279. The highest BCUT2D eigenvalue weighted by atomic mass is 33.1. The molecule has 16 atom stereocenters. The molecule has 688 valence electrons. The largest absolute Gasteiger partial charge is 0.497 e. The number of aliphatic hydroxyl groups is 19. The number of aliphatic carboxylic acids is 1. The molecule has 2 aromatic heterocycles. The summed E-state index contributed by atoms with van der Waals surface area (Å²) < 4.78 is 0. The van der Waals surface area contributed by atoms with Gasteiger partial charge in [-0.15, -0.1) is 0 Å². The summed E-state index contributed by atoms with van der Waals surface area (Å²) in [6, 6.07) is -21.8. The molecule has 0 amide bonds. The molecule has 49 nitrogen and oxygen atoms in total. The summed E-state index contributed by atoms with van der Waals surface area (Å²) in [4.78, 5) is 86.3. The predicted molar refractivity (Wildman–Crippen MR) is 493 cm³/mol. The van der Waals surface area contributed by atoms with Crippen LogP contribution in [0.5, 0.6) is 0 Å². The molecule has 0 radical (unpaired) electrons. The second-order valence-electron chi connectivity index (χ2n) is 27.6. The smallest absolute Gasteiger partial charge is 0.306 e. The Labute approximate surface area is 737 Å². The van der Waals surface area contributed by atoms with E-state index in [2.05, 4.69) is 100 Å². The molecule has 4 bridgehead atoms. The van der Waals surface area contributed by atoms with Gasteiger partial charge in [0.2, 0.25) is 88.5 Å². The first-order valence-electron chi connectivity index (χ1n) is 38.3. The third kappa shape index (κ3) is 34.8. The maximum Gasteiger partial charge on any atom is 0.306 e. The van der Waals surface area contributed by atoms with E-state index in [1.165, 1.54) is 19.4 Å². The molecule has 36 N–H and O–H groups in total. The van der Waals surface area contributed by atoms with E-state index in [0.717, 1.165) is 64.8 Å². The number of carboxylic acids is 1. The number of H-pyrrole nitrogens is 2. The molecule has 3 aromatic rings. The number of carbonyl (C=O) groups is 1. The Hall–Kier alpha value is -11.1. The van der Waals surface area contributed by atoms with Crippen molar-refractivity contribution in [3.8, 4) is 0 Å². The number of nitrogens with zero attached hydrogens (tertiary/aromatic N) is 16. The normalized spacial score (nSPS) is 26.5. The van der Waals surface area contributed by atoms with E-state index in [9.17, 15) is 107 Å². The Bertz CT molecular complexity index is 4590. The summed E-state index contributed by atoms with van der Waals surface area (Å²) in [5.74, 6) is -23.4. The zero-order valence-corrected chi connectivity index (χ0v) is 72.0. The first kappa shape index (κ1) is 103. The van der Waals surface area contributed by atoms with Crippen LogP contribution >= 0.6 is 64.8 Å². The minimum absolute atomic E-state index is 0.0576. The van der Waals surface area contributed by atoms with Crippen LogP contribution in [0, 0.1) is 21.6 Å². The number of hydrogen-bond acceptors (Lipinski definition) is 31. The van der Waals surface area contributed by atoms with E-state index in [-0.39, 0.29) is 76.0 Å². The standard InChI is InChI=1S/C70H106N28O21S6/c1-31-54(105)92-44(22-99)63(114)85-37(10-4-5-13-71)56(107)88-40(16-32-20-82-36-9-3-2-8-34(32)36)59(110)98-49-28-122-120-24-35(72)55(106)95-48-27-124-125-29-50(68(119)94-46(53(74)104)25-121-123-26-47(65(116)84-31)97-61(112)42(18-51(73)101)90-67(48)118)96-58(109)39(12-7-15-81-70(77)78)86-64(115)45(23-100)93-60(111)41(17-33-21-79-30-83-33)89-62(113)43(19-52(102)103)91-57(108)38(87-66(49)117)11-6-14-80-69(75)76/h2-3,8-9,20-21,30-31,35,37-50,82,99-100H,4-7,10-19,22-29,71-72H2,1H3,(H2,73,101)(H2,74,104)(H,79,83)(H,84,116)(H,85,114)(H,86,115)(H,87,117)(H,88,107)(H,89,113)(H,90,118)(H,91,108)(H,92,105)(H,93,111)(H,94,119)(H,95,106)(H,96,109)(H,97,112)(H,98,110)(H,102,103)(H4,75,76,80)(H4,77,78,81). The number of para-hydroxylation sites is 1. The Morgan fingerprint density at radius 1 is 0.448 bits per heavy atom. The Kier molecular flexibility index (Phi) is 43.2. The second-order valence-corrected chi connectivity index (χ2v) is 35.3. The maximum atomic E-state index is 12.8. The second kappa shape index (κ2) is 52.6. The summed E-state index contributed by atoms with van der Waals surface area (Å²) in [7, 11) is 4.89. The first-order valence-corrected chi connectivity index (χ1v) is 45.8. The number of aromatic amines is 2. The molecule has 0 fully saturated rings. The fourth-order valence-corrected chi connectivity index (χ4v) is 18.1. The Balaban J connectivity index is 1.78. The number of hydrogen-bond donors (Lipinski definition) is 32. The number of benzene rings is 1. The SMILES string of the molecule is CC1N=C(O)C2CSSCC(C(=N)O)N=C(O)C3CSSCC(N=C(O)C(N)CSSCC(N=C(O)C(Cc4c[nH]c5ccccc45)N=C(O)C(CCCCN)N=C(O)C(CO)N=C1O)C(O)=NC(CCCNC(=N)N)C(O)=NC(CC(=O)O)C(O)=NC(Cc1cnc[nH]1)C(O)=NC(CO)C(O)=NC(CCCNC(=N)N)C(O)=N3)C(O)=NC(CC(=N)O)C(O)=N2. The molecule has 3 aliphatic heterocycles. The van der Waals surface area contributed by atoms with E-state index >= 15 is 0 Å². The third-order valence-corrected chi connectivity index (χ3v) is 25.1. The lowest BCUT2D eigenvalue weighted by Crippen LogP contribution is -2.36. The molecule has 0 saturated heterocycles. The molecule has 0 aliphatic carbocycles. The van der Waals surface area contributed by atoms with Gasteiger partial charge in [-0.2, -0.15) is 0 Å². The van der Waals surface area contributed by atoms with Gasteiger partial charge >= 0.3 is 5.97 Å². The van der Waals surface area contributed by atoms with E-state index in [1.807, 2.05) is 0 Å². The van der Waals surface area contributed by atoms with Crippen LogP contribution in [0.2, 0.25) is 0 Å². The number of carboxylic acid groups (broad SMARTS) is 1. The molecule has 6 rings (SSSR count). The molecule has 125 heavy (non-hydrogen) atoms. The first-order chi connectivity index (χ1) is 59.5. The molecular weight excluding hydrogens is 1760 g/mol. The summed E-state index contributed by atoms with van der Waals surface area (Å²) in [6.07, 6.45) is 0.536. The van der Waals surface area contributed by atoms with Crippen molar-refractivity contribution in [2.24, 2.45) is 97.8 Å². The fraction of sp³-hybridized carbons (Fsp3) is 0.557. The lowest BCUT2D eigenvalue weighted by molar-refractivity contribution is -0.137. The monoisotopic (exact) mass is 1870 g/mol. The van der Waals surface area contributed by atoms with E-state index in [1.54, 1.807) is 30.5 Å². The molecule has 5 heterocycles. The molecule has 0 spiro atoms. The van der Waals surface area contributed by atoms with Crippen LogP contribution in [0.3, 0.4) is 0 Å². The van der Waals surface area contributed by atoms with Gasteiger partial charge in [-0.25, -0.2) is 79.9 Å². The van der Waals surface area contributed by atoms with E-state index in [4.69, 9.17) is 44.6 Å². The van der Waals surface area contributed by atoms with Crippen LogP contribution in [-0.2, 0) is 17.6 Å². The highest BCUT2D eigenvalue weighted by molar-refractivity contribution is 8.77. The van der Waals surface area contributed by atoms with Crippen molar-refractivity contribution in [3.63, 3.8) is 0 Å². The summed E-state index contributed by atoms with van der Waals surface area (Å²) >= 11 is 0. The van der Waals surface area contributed by atoms with Gasteiger partial charge in [0.25, 0.3) is 0 Å². The highest BCUT2D eigenvalue weighted by Gasteiger charge is 2.35. The third-order valence-electron chi connectivity index (χ3n) is 17.9. The molecule has 55 heteroatoms. The van der Waals surface area contributed by atoms with Crippen LogP contribution in [0.4, 0.5) is 0 Å². The molecule has 1 aromatic carbocycles. The number of nitrogens with one attached hydrogen (secondary N) is 8. The van der Waals surface area contributed by atoms with Gasteiger partial charge in [0.1, 0.15) is 78.5 Å². The lowest BCUT2D eigenvalue weighted by atomic mass is 10.0. The van der Waals surface area contributed by atoms with Gasteiger partial charge in [-0.1, -0.05) is 83.0 Å². The van der Waals surface area contributed by atoms with Gasteiger partial charge in [0, 0.05) is 89.4 Å². The zero-order valence-electron chi connectivity index (χ0n) is 67.1. The van der Waals surface area contributed by atoms with Crippen molar-refractivity contribution in [2.45, 2.75) is 174 Å². The molecule has 16 unspecified atom stereocenters. The fourth-order valence-electron chi connectivity index (χ4n) is 11.3. The number of aliphatic hydroxyl groups excluding tert-OH is 19. The number of aliphatic imine (C=N–C) groups is 15. The number of aromatic nitrogens is 3. The number of imidazole rings is 1. The van der Waals surface area contributed by atoms with Crippen molar-refractivity contribution < 1.29 is 107 Å². The van der Waals surface area contributed by atoms with E-state index in [0.29, 0.717) is 22.9 Å². The lowest BCUT2D eigenvalue weighted by Gasteiger charge is -2.20. The van der Waals surface area contributed by atoms with Gasteiger partial charge in [0.15, 0.2) is 35.8 Å². The van der Waals surface area contributed by atoms with Gasteiger partial charge in [-0.05, 0) is 70.0 Å². The zero-order chi connectivity index (χ0) is 92.0. The van der Waals surface area contributed by atoms with Gasteiger partial charge in [-0.3, -0.25) is 26.4 Å². The molecule has 0 saturated carbocycles. The predicted octanol–water partition coefficient (Wildman–Crippen LogP) is 3.66. The van der Waals surface area contributed by atoms with Crippen LogP contribution in [0.25, 0.3) is 10.9 Å². The summed E-state index contributed by atoms with van der Waals surface area (Å²) in [5.41, 5.74) is 24.9. The van der Waals surface area contributed by atoms with Crippen molar-refractivity contribution in [3.05, 3.63) is 54.2 Å². The Morgan fingerprint density at radius 3 is 1.34 bits per heavy atom. The number of unbranched alkanes of at least 4 members (excludes halogenated alkanes) is 1. The van der Waals surface area contributed by atoms with Crippen LogP contribution < -0.4 is 33.6 Å². The Morgan fingerprint density at radius 2 is 0.840 bits per heavy atom. The topological polar surface area (TPSA) is 875 Å². The van der Waals surface area contributed by atoms with Crippen LogP contribution in [0.15, 0.2) is 118 Å². The average Bonchev–Trinajstić information content (AvgIpc) is 1.70. The number of fused-ring (bicyclic) bond motifs is 14. The van der Waals surface area contributed by atoms with Gasteiger partial charge in [0.05, 0.1) is 38.4 Å². The van der Waals surface area contributed by atoms with Crippen molar-refractivity contribution in [1.29, 1.82) is 21.6 Å². The van der Waals surface area contributed by atoms with Crippen LogP contribution in [0.1, 0.15) is 76.0 Å².